The van der Waals surface area contributed by atoms with Crippen LogP contribution in [0.3, 0.4) is 0 Å². The molecule has 2 aromatic carbocycles. The Bertz CT molecular complexity index is 851. The molecule has 136 valence electrons. The monoisotopic (exact) mass is 353 g/mol. The summed E-state index contributed by atoms with van der Waals surface area (Å²) in [5, 5.41) is 0. The normalized spacial score (nSPS) is 13.3. The van der Waals surface area contributed by atoms with Gasteiger partial charge in [-0.15, -0.1) is 0 Å². The maximum atomic E-state index is 12.4. The summed E-state index contributed by atoms with van der Waals surface area (Å²) in [6, 6.07) is 13.3. The van der Waals surface area contributed by atoms with Gasteiger partial charge in [-0.05, 0) is 55.2 Å². The van der Waals surface area contributed by atoms with Gasteiger partial charge < -0.3 is 9.47 Å². The lowest BCUT2D eigenvalue weighted by Gasteiger charge is -2.24. The van der Waals surface area contributed by atoms with Gasteiger partial charge >= 0.3 is 12.1 Å². The fourth-order valence-electron chi connectivity index (χ4n) is 3.08. The van der Waals surface area contributed by atoms with Crippen molar-refractivity contribution < 1.29 is 19.1 Å². The Balaban J connectivity index is 1.90. The summed E-state index contributed by atoms with van der Waals surface area (Å²) in [5.41, 5.74) is 4.10. The number of amides is 1. The number of methoxy groups -OCH3 is 1. The third-order valence-electron chi connectivity index (χ3n) is 4.23. The number of fused-ring (bicyclic) bond motifs is 1. The van der Waals surface area contributed by atoms with E-state index in [1.807, 2.05) is 57.2 Å². The number of hydrogen-bond acceptors (Lipinski definition) is 4. The number of hydrogen-bond donors (Lipinski definition) is 0. The van der Waals surface area contributed by atoms with Crippen LogP contribution in [0.4, 0.5) is 4.79 Å². The molecule has 0 fully saturated rings. The molecule has 0 unspecified atom stereocenters. The highest BCUT2D eigenvalue weighted by Crippen LogP contribution is 2.33. The number of esters is 1. The van der Waals surface area contributed by atoms with Crippen molar-refractivity contribution in [1.29, 1.82) is 0 Å². The Hall–Kier alpha value is -2.82. The number of nitrogens with zero attached hydrogens (tertiary/aromatic N) is 1. The summed E-state index contributed by atoms with van der Waals surface area (Å²) in [6.07, 6.45) is -0.317. The SMILES string of the molecule is COC(=O)c1cccc(-c2cccc3c2CN(C(=O)OC(C)(C)C)C3)c1. The van der Waals surface area contributed by atoms with Crippen LogP contribution in [0.25, 0.3) is 11.1 Å². The van der Waals surface area contributed by atoms with Crippen molar-refractivity contribution in [2.75, 3.05) is 7.11 Å². The van der Waals surface area contributed by atoms with Crippen LogP contribution in [-0.4, -0.2) is 29.7 Å². The molecule has 0 atom stereocenters. The lowest BCUT2D eigenvalue weighted by Crippen LogP contribution is -2.33. The molecule has 0 bridgehead atoms. The highest BCUT2D eigenvalue weighted by molar-refractivity contribution is 5.91. The van der Waals surface area contributed by atoms with E-state index in [2.05, 4.69) is 0 Å². The van der Waals surface area contributed by atoms with Crippen molar-refractivity contribution in [3.05, 3.63) is 59.2 Å². The average molecular weight is 353 g/mol. The standard InChI is InChI=1S/C21H23NO4/c1-21(2,3)26-20(24)22-12-16-9-6-10-17(18(16)13-22)14-7-5-8-15(11-14)19(23)25-4/h5-11H,12-13H2,1-4H3. The summed E-state index contributed by atoms with van der Waals surface area (Å²) in [7, 11) is 1.37. The second kappa shape index (κ2) is 6.83. The van der Waals surface area contributed by atoms with Crippen LogP contribution in [0.15, 0.2) is 42.5 Å². The van der Waals surface area contributed by atoms with Gasteiger partial charge in [0.15, 0.2) is 0 Å². The Morgan fingerprint density at radius 3 is 2.46 bits per heavy atom. The number of carbonyl (C=O) groups is 2. The van der Waals surface area contributed by atoms with Crippen LogP contribution in [0.5, 0.6) is 0 Å². The van der Waals surface area contributed by atoms with Gasteiger partial charge in [0.05, 0.1) is 19.2 Å². The summed E-state index contributed by atoms with van der Waals surface area (Å²) < 4.78 is 10.3. The summed E-state index contributed by atoms with van der Waals surface area (Å²) in [6.45, 7) is 6.59. The van der Waals surface area contributed by atoms with Gasteiger partial charge in [0, 0.05) is 6.54 Å². The molecule has 0 N–H and O–H groups in total. The number of rotatable bonds is 2. The van der Waals surface area contributed by atoms with Gasteiger partial charge in [-0.25, -0.2) is 9.59 Å². The van der Waals surface area contributed by atoms with Gasteiger partial charge in [0.2, 0.25) is 0 Å². The van der Waals surface area contributed by atoms with Crippen LogP contribution >= 0.6 is 0 Å². The molecule has 0 aromatic heterocycles. The zero-order chi connectivity index (χ0) is 18.9. The maximum absolute atomic E-state index is 12.4. The lowest BCUT2D eigenvalue weighted by molar-refractivity contribution is 0.0242. The molecule has 1 aliphatic heterocycles. The molecule has 3 rings (SSSR count). The van der Waals surface area contributed by atoms with Crippen LogP contribution in [0, 0.1) is 0 Å². The van der Waals surface area contributed by atoms with E-state index in [1.54, 1.807) is 11.0 Å². The second-order valence-corrected chi connectivity index (χ2v) is 7.35. The lowest BCUT2D eigenvalue weighted by atomic mass is 9.96. The van der Waals surface area contributed by atoms with Crippen molar-refractivity contribution >= 4 is 12.1 Å². The number of carbonyl (C=O) groups excluding carboxylic acids is 2. The van der Waals surface area contributed by atoms with E-state index in [-0.39, 0.29) is 12.1 Å². The van der Waals surface area contributed by atoms with E-state index in [9.17, 15) is 9.59 Å². The van der Waals surface area contributed by atoms with Gasteiger partial charge in [0.1, 0.15) is 5.60 Å². The Labute approximate surface area is 153 Å². The molecule has 1 aliphatic rings. The fourth-order valence-corrected chi connectivity index (χ4v) is 3.08. The quantitative estimate of drug-likeness (QED) is 0.751. The minimum absolute atomic E-state index is 0.317. The van der Waals surface area contributed by atoms with Gasteiger partial charge in [-0.1, -0.05) is 30.3 Å². The van der Waals surface area contributed by atoms with E-state index >= 15 is 0 Å². The van der Waals surface area contributed by atoms with Crippen LogP contribution in [-0.2, 0) is 22.6 Å². The van der Waals surface area contributed by atoms with Gasteiger partial charge in [-0.3, -0.25) is 4.90 Å². The average Bonchev–Trinajstić information content (AvgIpc) is 3.04. The number of benzene rings is 2. The van der Waals surface area contributed by atoms with Gasteiger partial charge in [0.25, 0.3) is 0 Å². The highest BCUT2D eigenvalue weighted by atomic mass is 16.6. The summed E-state index contributed by atoms with van der Waals surface area (Å²) >= 11 is 0. The Kier molecular flexibility index (Phi) is 4.72. The van der Waals surface area contributed by atoms with Crippen molar-refractivity contribution in [1.82, 2.24) is 4.90 Å². The Morgan fingerprint density at radius 1 is 1.04 bits per heavy atom. The highest BCUT2D eigenvalue weighted by Gasteiger charge is 2.29. The topological polar surface area (TPSA) is 55.8 Å². The summed E-state index contributed by atoms with van der Waals surface area (Å²) in [5.74, 6) is -0.366. The van der Waals surface area contributed by atoms with Gasteiger partial charge in [-0.2, -0.15) is 0 Å². The fraction of sp³-hybridized carbons (Fsp3) is 0.333. The molecule has 2 aromatic rings. The predicted octanol–water partition coefficient (Wildman–Crippen LogP) is 4.39. The third-order valence-corrected chi connectivity index (χ3v) is 4.23. The second-order valence-electron chi connectivity index (χ2n) is 7.35. The molecule has 26 heavy (non-hydrogen) atoms. The zero-order valence-electron chi connectivity index (χ0n) is 15.5. The third kappa shape index (κ3) is 3.72. The Morgan fingerprint density at radius 2 is 1.77 bits per heavy atom. The molecule has 5 nitrogen and oxygen atoms in total. The smallest absolute Gasteiger partial charge is 0.410 e. The molecule has 1 amide bonds. The number of ether oxygens (including phenoxy) is 2. The first kappa shape index (κ1) is 18.0. The zero-order valence-corrected chi connectivity index (χ0v) is 15.5. The van der Waals surface area contributed by atoms with Crippen molar-refractivity contribution in [2.45, 2.75) is 39.5 Å². The first-order chi connectivity index (χ1) is 12.3. The molecule has 1 heterocycles. The van der Waals surface area contributed by atoms with Crippen LogP contribution < -0.4 is 0 Å². The molecule has 0 aliphatic carbocycles. The van der Waals surface area contributed by atoms with Crippen molar-refractivity contribution in [2.24, 2.45) is 0 Å². The van der Waals surface area contributed by atoms with E-state index in [0.29, 0.717) is 18.7 Å². The first-order valence-corrected chi connectivity index (χ1v) is 8.56. The minimum Gasteiger partial charge on any atom is -0.465 e. The molecular formula is C21H23NO4. The largest absolute Gasteiger partial charge is 0.465 e. The first-order valence-electron chi connectivity index (χ1n) is 8.56. The molecule has 0 saturated heterocycles. The van der Waals surface area contributed by atoms with Crippen molar-refractivity contribution in [3.63, 3.8) is 0 Å². The van der Waals surface area contributed by atoms with E-state index in [0.717, 1.165) is 22.3 Å². The summed E-state index contributed by atoms with van der Waals surface area (Å²) in [4.78, 5) is 25.9. The van der Waals surface area contributed by atoms with Crippen LogP contribution in [0.2, 0.25) is 0 Å². The molecular weight excluding hydrogens is 330 g/mol. The predicted molar refractivity (Wildman–Crippen MR) is 98.7 cm³/mol. The molecule has 0 saturated carbocycles. The van der Waals surface area contributed by atoms with E-state index in [4.69, 9.17) is 9.47 Å². The maximum Gasteiger partial charge on any atom is 0.410 e. The molecule has 0 radical (unpaired) electrons. The molecule has 5 heteroatoms. The van der Waals surface area contributed by atoms with Crippen molar-refractivity contribution in [3.8, 4) is 11.1 Å². The van der Waals surface area contributed by atoms with Crippen LogP contribution in [0.1, 0.15) is 42.3 Å². The van der Waals surface area contributed by atoms with E-state index < -0.39 is 5.60 Å². The van der Waals surface area contributed by atoms with E-state index in [1.165, 1.54) is 7.11 Å². The minimum atomic E-state index is -0.524. The molecule has 0 spiro atoms.